The first-order chi connectivity index (χ1) is 10.0. The molecule has 1 aliphatic heterocycles. The zero-order valence-corrected chi connectivity index (χ0v) is 15.1. The van der Waals surface area contributed by atoms with Crippen LogP contribution in [0.5, 0.6) is 0 Å². The molecule has 3 nitrogen and oxygen atoms in total. The van der Waals surface area contributed by atoms with Crippen molar-refractivity contribution in [2.24, 2.45) is 17.3 Å². The van der Waals surface area contributed by atoms with Crippen LogP contribution in [0.15, 0.2) is 0 Å². The summed E-state index contributed by atoms with van der Waals surface area (Å²) >= 11 is 0. The van der Waals surface area contributed by atoms with Gasteiger partial charge in [-0.1, -0.05) is 27.7 Å². The van der Waals surface area contributed by atoms with Crippen molar-refractivity contribution < 1.29 is 4.74 Å². The topological polar surface area (TPSA) is 24.5 Å². The Bertz CT molecular complexity index is 258. The molecule has 0 aliphatic carbocycles. The number of rotatable bonds is 10. The summed E-state index contributed by atoms with van der Waals surface area (Å²) in [7, 11) is 2.30. The first kappa shape index (κ1) is 18.9. The van der Waals surface area contributed by atoms with Gasteiger partial charge in [0.15, 0.2) is 0 Å². The van der Waals surface area contributed by atoms with Gasteiger partial charge >= 0.3 is 0 Å². The van der Waals surface area contributed by atoms with Gasteiger partial charge in [0, 0.05) is 32.8 Å². The van der Waals surface area contributed by atoms with Gasteiger partial charge in [0.1, 0.15) is 0 Å². The standard InChI is InChI=1S/C18H38N2O/c1-6-18(7-2,14-19-12-16(3)4)15-20(5)13-17-8-10-21-11-9-17/h16-17,19H,6-15H2,1-5H3. The van der Waals surface area contributed by atoms with Gasteiger partial charge in [0.05, 0.1) is 0 Å². The van der Waals surface area contributed by atoms with E-state index in [9.17, 15) is 0 Å². The average Bonchev–Trinajstić information content (AvgIpc) is 2.46. The third-order valence-electron chi connectivity index (χ3n) is 5.07. The van der Waals surface area contributed by atoms with Crippen molar-refractivity contribution in [3.05, 3.63) is 0 Å². The summed E-state index contributed by atoms with van der Waals surface area (Å²) in [5.74, 6) is 1.56. The summed E-state index contributed by atoms with van der Waals surface area (Å²) in [4.78, 5) is 2.57. The lowest BCUT2D eigenvalue weighted by molar-refractivity contribution is 0.0482. The lowest BCUT2D eigenvalue weighted by Crippen LogP contribution is -2.44. The molecule has 1 saturated heterocycles. The molecular formula is C18H38N2O. The third-order valence-corrected chi connectivity index (χ3v) is 5.07. The third kappa shape index (κ3) is 7.12. The van der Waals surface area contributed by atoms with E-state index in [-0.39, 0.29) is 0 Å². The predicted octanol–water partition coefficient (Wildman–Crippen LogP) is 3.40. The van der Waals surface area contributed by atoms with Crippen LogP contribution in [0, 0.1) is 17.3 Å². The van der Waals surface area contributed by atoms with Crippen molar-refractivity contribution in [3.63, 3.8) is 0 Å². The Hall–Kier alpha value is -0.120. The van der Waals surface area contributed by atoms with E-state index in [1.165, 1.54) is 38.8 Å². The minimum atomic E-state index is 0.425. The second kappa shape index (κ2) is 9.81. The van der Waals surface area contributed by atoms with E-state index in [1.807, 2.05) is 0 Å². The van der Waals surface area contributed by atoms with Gasteiger partial charge in [-0.3, -0.25) is 0 Å². The quantitative estimate of drug-likeness (QED) is 0.669. The van der Waals surface area contributed by atoms with Crippen molar-refractivity contribution in [1.29, 1.82) is 0 Å². The minimum absolute atomic E-state index is 0.425. The summed E-state index contributed by atoms with van der Waals surface area (Å²) < 4.78 is 5.47. The molecule has 21 heavy (non-hydrogen) atoms. The second-order valence-corrected chi connectivity index (χ2v) is 7.48. The van der Waals surface area contributed by atoms with Crippen molar-refractivity contribution in [1.82, 2.24) is 10.2 Å². The Kier molecular flexibility index (Phi) is 8.84. The summed E-state index contributed by atoms with van der Waals surface area (Å²) in [5, 5.41) is 3.69. The van der Waals surface area contributed by atoms with Crippen LogP contribution >= 0.6 is 0 Å². The Morgan fingerprint density at radius 3 is 2.33 bits per heavy atom. The lowest BCUT2D eigenvalue weighted by atomic mass is 9.81. The lowest BCUT2D eigenvalue weighted by Gasteiger charge is -2.38. The Labute approximate surface area is 132 Å². The largest absolute Gasteiger partial charge is 0.381 e. The van der Waals surface area contributed by atoms with Gasteiger partial charge in [0.2, 0.25) is 0 Å². The molecule has 0 atom stereocenters. The summed E-state index contributed by atoms with van der Waals surface area (Å²) in [6.45, 7) is 15.9. The molecule has 1 N–H and O–H groups in total. The number of hydrogen-bond donors (Lipinski definition) is 1. The van der Waals surface area contributed by atoms with E-state index in [2.05, 4.69) is 45.0 Å². The van der Waals surface area contributed by atoms with Crippen molar-refractivity contribution in [2.75, 3.05) is 46.4 Å². The molecule has 3 heteroatoms. The Morgan fingerprint density at radius 1 is 1.19 bits per heavy atom. The monoisotopic (exact) mass is 298 g/mol. The zero-order chi connectivity index (χ0) is 15.7. The van der Waals surface area contributed by atoms with E-state index in [4.69, 9.17) is 4.74 Å². The summed E-state index contributed by atoms with van der Waals surface area (Å²) in [5.41, 5.74) is 0.425. The van der Waals surface area contributed by atoms with E-state index < -0.39 is 0 Å². The van der Waals surface area contributed by atoms with Crippen LogP contribution in [0.2, 0.25) is 0 Å². The highest BCUT2D eigenvalue weighted by Gasteiger charge is 2.28. The molecule has 126 valence electrons. The molecule has 1 aliphatic rings. The molecule has 0 saturated carbocycles. The van der Waals surface area contributed by atoms with Gasteiger partial charge in [-0.25, -0.2) is 0 Å². The van der Waals surface area contributed by atoms with Crippen LogP contribution < -0.4 is 5.32 Å². The highest BCUT2D eigenvalue weighted by atomic mass is 16.5. The fourth-order valence-corrected chi connectivity index (χ4v) is 3.41. The molecule has 0 aromatic heterocycles. The first-order valence-electron chi connectivity index (χ1n) is 8.98. The molecule has 0 aromatic carbocycles. The highest BCUT2D eigenvalue weighted by molar-refractivity contribution is 4.83. The molecule has 1 rings (SSSR count). The smallest absolute Gasteiger partial charge is 0.0469 e. The summed E-state index contributed by atoms with van der Waals surface area (Å²) in [6.07, 6.45) is 4.99. The minimum Gasteiger partial charge on any atom is -0.381 e. The van der Waals surface area contributed by atoms with Crippen LogP contribution in [0.25, 0.3) is 0 Å². The molecule has 0 aromatic rings. The molecule has 1 fully saturated rings. The Morgan fingerprint density at radius 2 is 1.81 bits per heavy atom. The van der Waals surface area contributed by atoms with Gasteiger partial charge < -0.3 is 15.0 Å². The van der Waals surface area contributed by atoms with Crippen LogP contribution in [0.4, 0.5) is 0 Å². The van der Waals surface area contributed by atoms with Gasteiger partial charge in [-0.2, -0.15) is 0 Å². The number of hydrogen-bond acceptors (Lipinski definition) is 3. The number of nitrogens with one attached hydrogen (secondary N) is 1. The van der Waals surface area contributed by atoms with Gasteiger partial charge in [-0.05, 0) is 56.5 Å². The molecular weight excluding hydrogens is 260 g/mol. The van der Waals surface area contributed by atoms with E-state index in [1.54, 1.807) is 0 Å². The van der Waals surface area contributed by atoms with E-state index in [0.29, 0.717) is 5.41 Å². The fraction of sp³-hybridized carbons (Fsp3) is 1.00. The van der Waals surface area contributed by atoms with E-state index in [0.717, 1.165) is 38.1 Å². The molecule has 0 bridgehead atoms. The zero-order valence-electron chi connectivity index (χ0n) is 15.1. The predicted molar refractivity (Wildman–Crippen MR) is 91.8 cm³/mol. The molecule has 0 radical (unpaired) electrons. The van der Waals surface area contributed by atoms with Gasteiger partial charge in [-0.15, -0.1) is 0 Å². The number of ether oxygens (including phenoxy) is 1. The molecule has 1 heterocycles. The maximum atomic E-state index is 5.47. The van der Waals surface area contributed by atoms with Crippen LogP contribution in [0.1, 0.15) is 53.4 Å². The highest BCUT2D eigenvalue weighted by Crippen LogP contribution is 2.27. The molecule has 0 amide bonds. The van der Waals surface area contributed by atoms with Crippen molar-refractivity contribution in [2.45, 2.75) is 53.4 Å². The van der Waals surface area contributed by atoms with Crippen molar-refractivity contribution >= 4 is 0 Å². The fourth-order valence-electron chi connectivity index (χ4n) is 3.41. The molecule has 0 unspecified atom stereocenters. The maximum Gasteiger partial charge on any atom is 0.0469 e. The van der Waals surface area contributed by atoms with Gasteiger partial charge in [0.25, 0.3) is 0 Å². The second-order valence-electron chi connectivity index (χ2n) is 7.48. The van der Waals surface area contributed by atoms with Crippen molar-refractivity contribution in [3.8, 4) is 0 Å². The number of nitrogens with zero attached hydrogens (tertiary/aromatic N) is 1. The normalized spacial score (nSPS) is 17.9. The first-order valence-corrected chi connectivity index (χ1v) is 8.98. The summed E-state index contributed by atoms with van der Waals surface area (Å²) in [6, 6.07) is 0. The maximum absolute atomic E-state index is 5.47. The van der Waals surface area contributed by atoms with E-state index >= 15 is 0 Å². The van der Waals surface area contributed by atoms with Crippen LogP contribution in [-0.4, -0.2) is 51.3 Å². The SMILES string of the molecule is CCC(CC)(CNCC(C)C)CN(C)CC1CCOCC1. The van der Waals surface area contributed by atoms with Crippen LogP contribution in [-0.2, 0) is 4.74 Å². The molecule has 0 spiro atoms. The van der Waals surface area contributed by atoms with Crippen LogP contribution in [0.3, 0.4) is 0 Å². The Balaban J connectivity index is 2.42. The average molecular weight is 299 g/mol.